The van der Waals surface area contributed by atoms with Gasteiger partial charge in [-0.1, -0.05) is 12.1 Å². The molecule has 0 aliphatic carbocycles. The highest BCUT2D eigenvalue weighted by atomic mass is 127. The van der Waals surface area contributed by atoms with E-state index in [9.17, 15) is 13.2 Å². The third-order valence-electron chi connectivity index (χ3n) is 2.14. The zero-order valence-corrected chi connectivity index (χ0v) is 11.2. The highest BCUT2D eigenvalue weighted by Gasteiger charge is 2.30. The Morgan fingerprint density at radius 1 is 1.18 bits per heavy atom. The van der Waals surface area contributed by atoms with Crippen LogP contribution in [-0.2, 0) is 6.54 Å². The highest BCUT2D eigenvalue weighted by Crippen LogP contribution is 2.18. The van der Waals surface area contributed by atoms with Gasteiger partial charge in [0.2, 0.25) is 0 Å². The average Bonchev–Trinajstić information content (AvgIpc) is 2.19. The number of nitrogens with zero attached hydrogens (tertiary/aromatic N) is 1. The molecule has 0 aliphatic rings. The number of aliphatic hydroxyl groups is 1. The topological polar surface area (TPSA) is 23.5 Å². The lowest BCUT2D eigenvalue weighted by atomic mass is 10.2. The summed E-state index contributed by atoms with van der Waals surface area (Å²) in [6.07, 6.45) is -4.24. The number of halogens is 4. The first-order valence-electron chi connectivity index (χ1n) is 5.05. The van der Waals surface area contributed by atoms with Crippen molar-refractivity contribution in [2.75, 3.05) is 19.7 Å². The molecule has 0 saturated heterocycles. The molecule has 96 valence electrons. The predicted octanol–water partition coefficient (Wildman–Crippen LogP) is 2.65. The summed E-state index contributed by atoms with van der Waals surface area (Å²) in [5, 5.41) is 8.75. The van der Waals surface area contributed by atoms with Gasteiger partial charge in [-0.3, -0.25) is 4.90 Å². The molecule has 0 heterocycles. The van der Waals surface area contributed by atoms with Gasteiger partial charge >= 0.3 is 6.18 Å². The second kappa shape index (κ2) is 6.55. The maximum atomic E-state index is 12.3. The van der Waals surface area contributed by atoms with Gasteiger partial charge in [0, 0.05) is 16.7 Å². The van der Waals surface area contributed by atoms with E-state index in [2.05, 4.69) is 22.6 Å². The molecule has 0 bridgehead atoms. The van der Waals surface area contributed by atoms with Crippen molar-refractivity contribution < 1.29 is 18.3 Å². The number of hydrogen-bond acceptors (Lipinski definition) is 2. The first-order chi connectivity index (χ1) is 7.90. The van der Waals surface area contributed by atoms with Gasteiger partial charge in [0.05, 0.1) is 13.2 Å². The fraction of sp³-hybridized carbons (Fsp3) is 0.455. The summed E-state index contributed by atoms with van der Waals surface area (Å²) in [5.41, 5.74) is 0.808. The molecule has 0 atom stereocenters. The Bertz CT molecular complexity index is 340. The Morgan fingerprint density at radius 3 is 2.24 bits per heavy atom. The van der Waals surface area contributed by atoms with E-state index in [1.807, 2.05) is 12.1 Å². The van der Waals surface area contributed by atoms with Crippen molar-refractivity contribution in [1.29, 1.82) is 0 Å². The van der Waals surface area contributed by atoms with Gasteiger partial charge in [-0.2, -0.15) is 13.2 Å². The number of alkyl halides is 3. The van der Waals surface area contributed by atoms with Crippen LogP contribution >= 0.6 is 22.6 Å². The van der Waals surface area contributed by atoms with Crippen LogP contribution in [0.4, 0.5) is 13.2 Å². The SMILES string of the molecule is OCCN(Cc1ccc(I)cc1)CC(F)(F)F. The van der Waals surface area contributed by atoms with Gasteiger partial charge in [-0.05, 0) is 40.3 Å². The van der Waals surface area contributed by atoms with Gasteiger partial charge in [0.1, 0.15) is 0 Å². The van der Waals surface area contributed by atoms with Crippen molar-refractivity contribution >= 4 is 22.6 Å². The Hall–Kier alpha value is -0.340. The first kappa shape index (κ1) is 14.7. The fourth-order valence-electron chi connectivity index (χ4n) is 1.46. The van der Waals surface area contributed by atoms with Crippen LogP contribution in [0, 0.1) is 3.57 Å². The van der Waals surface area contributed by atoms with Gasteiger partial charge in [-0.15, -0.1) is 0 Å². The number of aliphatic hydroxyl groups excluding tert-OH is 1. The molecule has 1 N–H and O–H groups in total. The normalized spacial score (nSPS) is 12.1. The molecule has 2 nitrogen and oxygen atoms in total. The molecule has 1 aromatic rings. The Kier molecular flexibility index (Phi) is 5.68. The van der Waals surface area contributed by atoms with E-state index in [1.165, 1.54) is 4.90 Å². The summed E-state index contributed by atoms with van der Waals surface area (Å²) < 4.78 is 37.9. The quantitative estimate of drug-likeness (QED) is 0.818. The van der Waals surface area contributed by atoms with E-state index in [1.54, 1.807) is 12.1 Å². The van der Waals surface area contributed by atoms with E-state index < -0.39 is 12.7 Å². The van der Waals surface area contributed by atoms with Crippen LogP contribution in [0.1, 0.15) is 5.56 Å². The molecule has 0 fully saturated rings. The molecule has 0 aliphatic heterocycles. The zero-order valence-electron chi connectivity index (χ0n) is 9.04. The Labute approximate surface area is 112 Å². The van der Waals surface area contributed by atoms with Crippen LogP contribution in [0.15, 0.2) is 24.3 Å². The summed E-state index contributed by atoms with van der Waals surface area (Å²) in [5.74, 6) is 0. The maximum Gasteiger partial charge on any atom is 0.401 e. The van der Waals surface area contributed by atoms with Gasteiger partial charge in [-0.25, -0.2) is 0 Å². The zero-order chi connectivity index (χ0) is 12.9. The van der Waals surface area contributed by atoms with E-state index >= 15 is 0 Å². The Balaban J connectivity index is 2.63. The average molecular weight is 359 g/mol. The molecule has 0 amide bonds. The van der Waals surface area contributed by atoms with Crippen molar-refractivity contribution in [2.24, 2.45) is 0 Å². The summed E-state index contributed by atoms with van der Waals surface area (Å²) in [6, 6.07) is 7.28. The van der Waals surface area contributed by atoms with Crippen molar-refractivity contribution in [3.63, 3.8) is 0 Å². The van der Waals surface area contributed by atoms with E-state index in [0.717, 1.165) is 9.13 Å². The smallest absolute Gasteiger partial charge is 0.395 e. The van der Waals surface area contributed by atoms with Crippen LogP contribution in [0.5, 0.6) is 0 Å². The molecular weight excluding hydrogens is 346 g/mol. The molecule has 0 spiro atoms. The van der Waals surface area contributed by atoms with Crippen molar-refractivity contribution in [3.05, 3.63) is 33.4 Å². The van der Waals surface area contributed by atoms with Crippen LogP contribution < -0.4 is 0 Å². The number of benzene rings is 1. The lowest BCUT2D eigenvalue weighted by molar-refractivity contribution is -0.147. The second-order valence-electron chi connectivity index (χ2n) is 3.68. The molecular formula is C11H13F3INO. The van der Waals surface area contributed by atoms with Gasteiger partial charge in [0.15, 0.2) is 0 Å². The van der Waals surface area contributed by atoms with E-state index in [0.29, 0.717) is 0 Å². The van der Waals surface area contributed by atoms with Gasteiger partial charge < -0.3 is 5.11 Å². The number of rotatable bonds is 5. The van der Waals surface area contributed by atoms with E-state index in [4.69, 9.17) is 5.11 Å². The standard InChI is InChI=1S/C11H13F3INO/c12-11(13,14)8-16(5-6-17)7-9-1-3-10(15)4-2-9/h1-4,17H,5-8H2. The Morgan fingerprint density at radius 2 is 1.76 bits per heavy atom. The minimum atomic E-state index is -4.24. The number of hydrogen-bond donors (Lipinski definition) is 1. The third kappa shape index (κ3) is 6.23. The molecule has 1 aromatic carbocycles. The third-order valence-corrected chi connectivity index (χ3v) is 2.86. The van der Waals surface area contributed by atoms with Crippen molar-refractivity contribution in [3.8, 4) is 0 Å². The van der Waals surface area contributed by atoms with E-state index in [-0.39, 0.29) is 19.7 Å². The van der Waals surface area contributed by atoms with Crippen LogP contribution in [0.3, 0.4) is 0 Å². The minimum Gasteiger partial charge on any atom is -0.395 e. The lowest BCUT2D eigenvalue weighted by Crippen LogP contribution is -2.35. The molecule has 0 unspecified atom stereocenters. The monoisotopic (exact) mass is 359 g/mol. The minimum absolute atomic E-state index is 0.0193. The summed E-state index contributed by atoms with van der Waals surface area (Å²) in [6.45, 7) is -1.07. The van der Waals surface area contributed by atoms with Crippen molar-refractivity contribution in [2.45, 2.75) is 12.7 Å². The van der Waals surface area contributed by atoms with Crippen LogP contribution in [-0.4, -0.2) is 35.9 Å². The summed E-state index contributed by atoms with van der Waals surface area (Å²) in [4.78, 5) is 1.18. The molecule has 6 heteroatoms. The fourth-order valence-corrected chi connectivity index (χ4v) is 1.82. The summed E-state index contributed by atoms with van der Waals surface area (Å²) >= 11 is 2.14. The maximum absolute atomic E-state index is 12.3. The van der Waals surface area contributed by atoms with Gasteiger partial charge in [0.25, 0.3) is 0 Å². The largest absolute Gasteiger partial charge is 0.401 e. The van der Waals surface area contributed by atoms with Crippen molar-refractivity contribution in [1.82, 2.24) is 4.90 Å². The van der Waals surface area contributed by atoms with Crippen LogP contribution in [0.2, 0.25) is 0 Å². The first-order valence-corrected chi connectivity index (χ1v) is 6.13. The molecule has 0 saturated carbocycles. The summed E-state index contributed by atoms with van der Waals surface area (Å²) in [7, 11) is 0. The molecule has 0 aromatic heterocycles. The second-order valence-corrected chi connectivity index (χ2v) is 4.92. The molecule has 0 radical (unpaired) electrons. The molecule has 1 rings (SSSR count). The van der Waals surface area contributed by atoms with Crippen LogP contribution in [0.25, 0.3) is 0 Å². The highest BCUT2D eigenvalue weighted by molar-refractivity contribution is 14.1. The predicted molar refractivity (Wildman–Crippen MR) is 67.6 cm³/mol. The molecule has 17 heavy (non-hydrogen) atoms. The lowest BCUT2D eigenvalue weighted by Gasteiger charge is -2.22.